The number of hydrogen-bond acceptors (Lipinski definition) is 4. The predicted molar refractivity (Wildman–Crippen MR) is 58.2 cm³/mol. The Morgan fingerprint density at radius 1 is 1.46 bits per heavy atom. The van der Waals surface area contributed by atoms with Gasteiger partial charge in [-0.25, -0.2) is 4.98 Å². The molecule has 0 aliphatic carbocycles. The number of aromatic nitrogens is 1. The van der Waals surface area contributed by atoms with Gasteiger partial charge in [0.1, 0.15) is 5.01 Å². The molecule has 1 N–H and O–H groups in total. The van der Waals surface area contributed by atoms with Gasteiger partial charge in [0, 0.05) is 22.9 Å². The lowest BCUT2D eigenvalue weighted by atomic mass is 10.3. The molecule has 0 saturated heterocycles. The largest absolute Gasteiger partial charge is 0.314 e. The molecule has 0 saturated carbocycles. The molecule has 68 valence electrons. The molecular formula is C9H10N2S2. The Balaban J connectivity index is 2.23. The lowest BCUT2D eigenvalue weighted by Gasteiger charge is -1.91. The van der Waals surface area contributed by atoms with Crippen LogP contribution in [0, 0.1) is 0 Å². The van der Waals surface area contributed by atoms with Crippen molar-refractivity contribution in [1.29, 1.82) is 0 Å². The zero-order valence-corrected chi connectivity index (χ0v) is 8.91. The minimum Gasteiger partial charge on any atom is -0.314 e. The van der Waals surface area contributed by atoms with E-state index in [9.17, 15) is 0 Å². The highest BCUT2D eigenvalue weighted by atomic mass is 32.1. The minimum absolute atomic E-state index is 0.856. The molecule has 0 aromatic carbocycles. The summed E-state index contributed by atoms with van der Waals surface area (Å²) in [6.45, 7) is 0.856. The summed E-state index contributed by atoms with van der Waals surface area (Å²) in [5.41, 5.74) is 2.32. The van der Waals surface area contributed by atoms with Crippen LogP contribution in [-0.4, -0.2) is 12.0 Å². The average molecular weight is 210 g/mol. The van der Waals surface area contributed by atoms with Crippen molar-refractivity contribution in [2.45, 2.75) is 6.54 Å². The lowest BCUT2D eigenvalue weighted by molar-refractivity contribution is 0.811. The van der Waals surface area contributed by atoms with Crippen LogP contribution in [-0.2, 0) is 6.54 Å². The van der Waals surface area contributed by atoms with Gasteiger partial charge >= 0.3 is 0 Å². The molecule has 0 radical (unpaired) electrons. The van der Waals surface area contributed by atoms with E-state index in [2.05, 4.69) is 32.5 Å². The van der Waals surface area contributed by atoms with Gasteiger partial charge in [0.25, 0.3) is 0 Å². The van der Waals surface area contributed by atoms with Gasteiger partial charge in [0.15, 0.2) is 0 Å². The van der Waals surface area contributed by atoms with Gasteiger partial charge in [-0.05, 0) is 18.5 Å². The van der Waals surface area contributed by atoms with Gasteiger partial charge in [0.05, 0.1) is 5.69 Å². The monoisotopic (exact) mass is 210 g/mol. The Kier molecular flexibility index (Phi) is 2.73. The van der Waals surface area contributed by atoms with E-state index < -0.39 is 0 Å². The average Bonchev–Trinajstić information content (AvgIpc) is 2.70. The molecule has 0 unspecified atom stereocenters. The maximum absolute atomic E-state index is 4.51. The Bertz CT molecular complexity index is 365. The zero-order valence-electron chi connectivity index (χ0n) is 7.28. The van der Waals surface area contributed by atoms with Crippen LogP contribution < -0.4 is 5.32 Å². The fourth-order valence-electron chi connectivity index (χ4n) is 1.09. The summed E-state index contributed by atoms with van der Waals surface area (Å²) < 4.78 is 0. The first-order valence-electron chi connectivity index (χ1n) is 4.01. The summed E-state index contributed by atoms with van der Waals surface area (Å²) in [4.78, 5) is 4.51. The second-order valence-electron chi connectivity index (χ2n) is 2.67. The second kappa shape index (κ2) is 4.00. The van der Waals surface area contributed by atoms with Crippen LogP contribution in [0.3, 0.4) is 0 Å². The maximum Gasteiger partial charge on any atom is 0.107 e. The van der Waals surface area contributed by atoms with Crippen LogP contribution in [0.2, 0.25) is 0 Å². The van der Waals surface area contributed by atoms with Crippen molar-refractivity contribution in [3.8, 4) is 11.3 Å². The number of hydrogen-bond donors (Lipinski definition) is 1. The predicted octanol–water partition coefficient (Wildman–Crippen LogP) is 2.59. The van der Waals surface area contributed by atoms with Crippen LogP contribution in [0.15, 0.2) is 22.2 Å². The Hall–Kier alpha value is -0.710. The van der Waals surface area contributed by atoms with E-state index in [1.165, 1.54) is 5.56 Å². The molecule has 0 aliphatic heterocycles. The third kappa shape index (κ3) is 1.96. The molecule has 2 heterocycles. The normalized spacial score (nSPS) is 10.5. The molecule has 2 aromatic heterocycles. The van der Waals surface area contributed by atoms with Gasteiger partial charge in [-0.1, -0.05) is 0 Å². The highest BCUT2D eigenvalue weighted by molar-refractivity contribution is 7.10. The molecule has 0 spiro atoms. The van der Waals surface area contributed by atoms with Crippen molar-refractivity contribution in [1.82, 2.24) is 10.3 Å². The maximum atomic E-state index is 4.51. The summed E-state index contributed by atoms with van der Waals surface area (Å²) >= 11 is 3.41. The Morgan fingerprint density at radius 3 is 3.08 bits per heavy atom. The highest BCUT2D eigenvalue weighted by Gasteiger charge is 2.03. The topological polar surface area (TPSA) is 24.9 Å². The van der Waals surface area contributed by atoms with E-state index in [0.29, 0.717) is 0 Å². The van der Waals surface area contributed by atoms with E-state index in [4.69, 9.17) is 0 Å². The molecule has 0 aliphatic rings. The van der Waals surface area contributed by atoms with E-state index in [1.807, 2.05) is 7.05 Å². The number of thiophene rings is 1. The van der Waals surface area contributed by atoms with Crippen molar-refractivity contribution < 1.29 is 0 Å². The quantitative estimate of drug-likeness (QED) is 0.842. The van der Waals surface area contributed by atoms with Crippen molar-refractivity contribution in [2.75, 3.05) is 7.05 Å². The summed E-state index contributed by atoms with van der Waals surface area (Å²) in [6.07, 6.45) is 0. The van der Waals surface area contributed by atoms with Crippen LogP contribution in [0.25, 0.3) is 11.3 Å². The van der Waals surface area contributed by atoms with E-state index in [-0.39, 0.29) is 0 Å². The summed E-state index contributed by atoms with van der Waals surface area (Å²) in [5.74, 6) is 0. The number of nitrogens with one attached hydrogen (secondary N) is 1. The van der Waals surface area contributed by atoms with Crippen LogP contribution in [0.5, 0.6) is 0 Å². The van der Waals surface area contributed by atoms with Gasteiger partial charge in [-0.2, -0.15) is 11.3 Å². The molecule has 0 amide bonds. The first-order valence-corrected chi connectivity index (χ1v) is 5.84. The fraction of sp³-hybridized carbons (Fsp3) is 0.222. The smallest absolute Gasteiger partial charge is 0.107 e. The third-order valence-electron chi connectivity index (χ3n) is 1.70. The number of nitrogens with zero attached hydrogens (tertiary/aromatic N) is 1. The minimum atomic E-state index is 0.856. The molecule has 2 rings (SSSR count). The van der Waals surface area contributed by atoms with Gasteiger partial charge in [-0.3, -0.25) is 0 Å². The number of rotatable bonds is 3. The molecule has 2 nitrogen and oxygen atoms in total. The third-order valence-corrected chi connectivity index (χ3v) is 3.23. The summed E-state index contributed by atoms with van der Waals surface area (Å²) in [6, 6.07) is 2.10. The van der Waals surface area contributed by atoms with Crippen molar-refractivity contribution in [3.63, 3.8) is 0 Å². The molecule has 0 fully saturated rings. The van der Waals surface area contributed by atoms with Crippen LogP contribution >= 0.6 is 22.7 Å². The fourth-order valence-corrected chi connectivity index (χ4v) is 2.55. The molecule has 4 heteroatoms. The SMILES string of the molecule is CNCc1nc(-c2ccsc2)cs1. The Morgan fingerprint density at radius 2 is 2.38 bits per heavy atom. The molecule has 13 heavy (non-hydrogen) atoms. The summed E-state index contributed by atoms with van der Waals surface area (Å²) in [7, 11) is 1.94. The molecule has 0 atom stereocenters. The number of thiazole rings is 1. The molecular weight excluding hydrogens is 200 g/mol. The second-order valence-corrected chi connectivity index (χ2v) is 4.39. The molecule has 0 bridgehead atoms. The van der Waals surface area contributed by atoms with E-state index in [0.717, 1.165) is 17.2 Å². The van der Waals surface area contributed by atoms with Gasteiger partial charge in [-0.15, -0.1) is 11.3 Å². The summed E-state index contributed by atoms with van der Waals surface area (Å²) in [5, 5.41) is 10.5. The standard InChI is InChI=1S/C9H10N2S2/c1-10-4-9-11-8(6-13-9)7-2-3-12-5-7/h2-3,5-6,10H,4H2,1H3. The zero-order chi connectivity index (χ0) is 9.10. The lowest BCUT2D eigenvalue weighted by Crippen LogP contribution is -2.04. The van der Waals surface area contributed by atoms with Crippen molar-refractivity contribution in [3.05, 3.63) is 27.2 Å². The van der Waals surface area contributed by atoms with E-state index >= 15 is 0 Å². The van der Waals surface area contributed by atoms with Crippen molar-refractivity contribution in [2.24, 2.45) is 0 Å². The first kappa shape index (κ1) is 8.87. The van der Waals surface area contributed by atoms with Crippen LogP contribution in [0.4, 0.5) is 0 Å². The van der Waals surface area contributed by atoms with E-state index in [1.54, 1.807) is 22.7 Å². The Labute approximate surface area is 85.3 Å². The van der Waals surface area contributed by atoms with Crippen molar-refractivity contribution >= 4 is 22.7 Å². The first-order chi connectivity index (χ1) is 6.40. The van der Waals surface area contributed by atoms with Gasteiger partial charge < -0.3 is 5.32 Å². The van der Waals surface area contributed by atoms with Crippen LogP contribution in [0.1, 0.15) is 5.01 Å². The van der Waals surface area contributed by atoms with Gasteiger partial charge in [0.2, 0.25) is 0 Å². The highest BCUT2D eigenvalue weighted by Crippen LogP contribution is 2.23. The molecule has 2 aromatic rings.